The maximum absolute atomic E-state index is 12.9. The van der Waals surface area contributed by atoms with E-state index >= 15 is 0 Å². The highest BCUT2D eigenvalue weighted by Crippen LogP contribution is 2.34. The summed E-state index contributed by atoms with van der Waals surface area (Å²) in [7, 11) is 0. The number of thioether (sulfide) groups is 1. The first-order chi connectivity index (χ1) is 16.2. The number of amides is 2. The Morgan fingerprint density at radius 2 is 1.55 bits per heavy atom. The van der Waals surface area contributed by atoms with Crippen molar-refractivity contribution >= 4 is 23.6 Å². The first kappa shape index (κ1) is 21.8. The van der Waals surface area contributed by atoms with Crippen LogP contribution in [0.15, 0.2) is 47.4 Å². The number of hydrogen-bond donors (Lipinski definition) is 0. The summed E-state index contributed by atoms with van der Waals surface area (Å²) in [4.78, 5) is 30.1. The fourth-order valence-electron chi connectivity index (χ4n) is 3.99. The van der Waals surface area contributed by atoms with Gasteiger partial charge >= 0.3 is 0 Å². The average Bonchev–Trinajstić information content (AvgIpc) is 3.11. The summed E-state index contributed by atoms with van der Waals surface area (Å²) in [6.07, 6.45) is 0.203. The first-order valence-electron chi connectivity index (χ1n) is 11.1. The summed E-state index contributed by atoms with van der Waals surface area (Å²) in [5, 5.41) is 0. The van der Waals surface area contributed by atoms with Gasteiger partial charge in [-0.05, 0) is 30.3 Å². The standard InChI is InChI=1S/C24H26N2O6S/c27-23(16-33-17-6-7-19-21(14-17)30-13-3-12-29-19)25-8-10-26(11-9-25)24(28)22-15-31-18-4-1-2-5-20(18)32-22/h1-2,4-7,14,22H,3,8-13,15-16H2. The minimum absolute atomic E-state index is 0.0605. The molecule has 3 heterocycles. The predicted molar refractivity (Wildman–Crippen MR) is 122 cm³/mol. The molecule has 1 atom stereocenters. The highest BCUT2D eigenvalue weighted by molar-refractivity contribution is 8.00. The molecule has 3 aliphatic heterocycles. The van der Waals surface area contributed by atoms with Gasteiger partial charge in [-0.25, -0.2) is 0 Å². The molecule has 1 saturated heterocycles. The van der Waals surface area contributed by atoms with Crippen LogP contribution in [0.1, 0.15) is 6.42 Å². The lowest BCUT2D eigenvalue weighted by atomic mass is 10.2. The Balaban J connectivity index is 1.10. The normalized spacial score (nSPS) is 19.6. The minimum atomic E-state index is -0.655. The molecule has 3 aliphatic rings. The number of ether oxygens (including phenoxy) is 4. The molecule has 0 N–H and O–H groups in total. The second kappa shape index (κ2) is 9.82. The molecule has 2 amide bonds. The van der Waals surface area contributed by atoms with Gasteiger partial charge in [-0.1, -0.05) is 12.1 Å². The number of carbonyl (C=O) groups is 2. The molecule has 174 valence electrons. The van der Waals surface area contributed by atoms with Gasteiger partial charge in [0.25, 0.3) is 5.91 Å². The molecule has 33 heavy (non-hydrogen) atoms. The predicted octanol–water partition coefficient (Wildman–Crippen LogP) is 2.45. The van der Waals surface area contributed by atoms with Crippen LogP contribution >= 0.6 is 11.8 Å². The van der Waals surface area contributed by atoms with Crippen molar-refractivity contribution in [3.05, 3.63) is 42.5 Å². The fourth-order valence-corrected chi connectivity index (χ4v) is 4.82. The quantitative estimate of drug-likeness (QED) is 0.636. The van der Waals surface area contributed by atoms with Crippen molar-refractivity contribution in [3.8, 4) is 23.0 Å². The zero-order chi connectivity index (χ0) is 22.6. The molecule has 8 nitrogen and oxygen atoms in total. The number of fused-ring (bicyclic) bond motifs is 2. The zero-order valence-electron chi connectivity index (χ0n) is 18.2. The van der Waals surface area contributed by atoms with E-state index in [-0.39, 0.29) is 18.4 Å². The molecule has 0 radical (unpaired) electrons. The van der Waals surface area contributed by atoms with Gasteiger partial charge in [-0.15, -0.1) is 11.8 Å². The summed E-state index contributed by atoms with van der Waals surface area (Å²) >= 11 is 1.48. The minimum Gasteiger partial charge on any atom is -0.490 e. The monoisotopic (exact) mass is 470 g/mol. The van der Waals surface area contributed by atoms with E-state index in [1.54, 1.807) is 11.0 Å². The van der Waals surface area contributed by atoms with Gasteiger partial charge in [0, 0.05) is 37.5 Å². The van der Waals surface area contributed by atoms with Gasteiger partial charge in [-0.3, -0.25) is 9.59 Å². The van der Waals surface area contributed by atoms with Crippen LogP contribution in [0.25, 0.3) is 0 Å². The van der Waals surface area contributed by atoms with Gasteiger partial charge in [0.15, 0.2) is 23.0 Å². The Labute approximate surface area is 196 Å². The third kappa shape index (κ3) is 4.98. The van der Waals surface area contributed by atoms with Crippen LogP contribution in [0.4, 0.5) is 0 Å². The van der Waals surface area contributed by atoms with Crippen LogP contribution in [-0.2, 0) is 9.59 Å². The lowest BCUT2D eigenvalue weighted by molar-refractivity contribution is -0.145. The molecule has 0 spiro atoms. The maximum Gasteiger partial charge on any atom is 0.267 e. The van der Waals surface area contributed by atoms with Crippen LogP contribution in [0.2, 0.25) is 0 Å². The largest absolute Gasteiger partial charge is 0.490 e. The number of carbonyl (C=O) groups excluding carboxylic acids is 2. The third-order valence-corrected chi connectivity index (χ3v) is 6.79. The molecule has 0 bridgehead atoms. The van der Waals surface area contributed by atoms with E-state index in [1.807, 2.05) is 41.3 Å². The van der Waals surface area contributed by atoms with E-state index in [9.17, 15) is 9.59 Å². The zero-order valence-corrected chi connectivity index (χ0v) is 19.1. The van der Waals surface area contributed by atoms with E-state index in [2.05, 4.69) is 0 Å². The van der Waals surface area contributed by atoms with Crippen molar-refractivity contribution in [3.63, 3.8) is 0 Å². The van der Waals surface area contributed by atoms with Crippen LogP contribution < -0.4 is 18.9 Å². The molecule has 2 aromatic carbocycles. The number of nitrogens with zero attached hydrogens (tertiary/aromatic N) is 2. The highest BCUT2D eigenvalue weighted by atomic mass is 32.2. The smallest absolute Gasteiger partial charge is 0.267 e. The summed E-state index contributed by atoms with van der Waals surface area (Å²) in [6.45, 7) is 3.48. The Kier molecular flexibility index (Phi) is 6.48. The second-order valence-corrected chi connectivity index (χ2v) is 9.07. The second-order valence-electron chi connectivity index (χ2n) is 8.02. The van der Waals surface area contributed by atoms with Gasteiger partial charge in [0.1, 0.15) is 6.61 Å². The molecular formula is C24H26N2O6S. The lowest BCUT2D eigenvalue weighted by Gasteiger charge is -2.37. The number of hydrogen-bond acceptors (Lipinski definition) is 7. The molecule has 0 aromatic heterocycles. The van der Waals surface area contributed by atoms with E-state index in [0.29, 0.717) is 56.6 Å². The van der Waals surface area contributed by atoms with Gasteiger partial charge in [0.05, 0.1) is 19.0 Å². The van der Waals surface area contributed by atoms with Crippen LogP contribution in [0.5, 0.6) is 23.0 Å². The summed E-state index contributed by atoms with van der Waals surface area (Å²) < 4.78 is 22.9. The van der Waals surface area contributed by atoms with E-state index in [1.165, 1.54) is 11.8 Å². The molecular weight excluding hydrogens is 444 g/mol. The number of rotatable bonds is 4. The highest BCUT2D eigenvalue weighted by Gasteiger charge is 2.33. The van der Waals surface area contributed by atoms with Crippen molar-refractivity contribution in [1.82, 2.24) is 9.80 Å². The third-order valence-electron chi connectivity index (χ3n) is 5.81. The van der Waals surface area contributed by atoms with Crippen LogP contribution in [0.3, 0.4) is 0 Å². The molecule has 1 unspecified atom stereocenters. The molecule has 9 heteroatoms. The average molecular weight is 471 g/mol. The van der Waals surface area contributed by atoms with Crippen molar-refractivity contribution < 1.29 is 28.5 Å². The van der Waals surface area contributed by atoms with Gasteiger partial charge in [-0.2, -0.15) is 0 Å². The van der Waals surface area contributed by atoms with Crippen LogP contribution in [-0.4, -0.2) is 79.5 Å². The van der Waals surface area contributed by atoms with E-state index < -0.39 is 6.10 Å². The molecule has 5 rings (SSSR count). The van der Waals surface area contributed by atoms with Gasteiger partial charge < -0.3 is 28.7 Å². The Bertz CT molecular complexity index is 1020. The molecule has 0 aliphatic carbocycles. The van der Waals surface area contributed by atoms with Crippen molar-refractivity contribution in [2.45, 2.75) is 17.4 Å². The van der Waals surface area contributed by atoms with E-state index in [4.69, 9.17) is 18.9 Å². The van der Waals surface area contributed by atoms with Crippen LogP contribution in [0, 0.1) is 0 Å². The molecule has 1 fully saturated rings. The number of piperazine rings is 1. The van der Waals surface area contributed by atoms with Gasteiger partial charge in [0.2, 0.25) is 12.0 Å². The Morgan fingerprint density at radius 3 is 2.36 bits per heavy atom. The van der Waals surface area contributed by atoms with Crippen molar-refractivity contribution in [1.29, 1.82) is 0 Å². The topological polar surface area (TPSA) is 77.5 Å². The molecule has 2 aromatic rings. The Morgan fingerprint density at radius 1 is 0.848 bits per heavy atom. The lowest BCUT2D eigenvalue weighted by Crippen LogP contribution is -2.55. The van der Waals surface area contributed by atoms with Crippen molar-refractivity contribution in [2.75, 3.05) is 51.8 Å². The first-order valence-corrected chi connectivity index (χ1v) is 12.1. The summed E-state index contributed by atoms with van der Waals surface area (Å²) in [5.74, 6) is 3.02. The SMILES string of the molecule is O=C(CSc1ccc2c(c1)OCCCO2)N1CCN(C(=O)C2COc3ccccc3O2)CC1. The maximum atomic E-state index is 12.9. The number of benzene rings is 2. The Hall–Kier alpha value is -3.07. The number of para-hydroxylation sites is 2. The fraction of sp³-hybridized carbons (Fsp3) is 0.417. The van der Waals surface area contributed by atoms with E-state index in [0.717, 1.165) is 22.8 Å². The van der Waals surface area contributed by atoms with Crippen molar-refractivity contribution in [2.24, 2.45) is 0 Å². The molecule has 0 saturated carbocycles. The summed E-state index contributed by atoms with van der Waals surface area (Å²) in [5.41, 5.74) is 0. The summed E-state index contributed by atoms with van der Waals surface area (Å²) in [6, 6.07) is 13.1.